The van der Waals surface area contributed by atoms with Crippen LogP contribution in [0.1, 0.15) is 18.9 Å². The van der Waals surface area contributed by atoms with E-state index >= 15 is 0 Å². The summed E-state index contributed by atoms with van der Waals surface area (Å²) < 4.78 is 4.74. The zero-order chi connectivity index (χ0) is 11.5. The van der Waals surface area contributed by atoms with Crippen molar-refractivity contribution in [3.05, 3.63) is 29.8 Å². The highest BCUT2D eigenvalue weighted by Gasteiger charge is 2.24. The second-order valence-electron chi connectivity index (χ2n) is 4.22. The van der Waals surface area contributed by atoms with Crippen molar-refractivity contribution in [1.82, 2.24) is 0 Å². The van der Waals surface area contributed by atoms with Gasteiger partial charge in [-0.3, -0.25) is 4.79 Å². The molecule has 3 heteroatoms. The molecular weight excluding hydrogens is 202 g/mol. The Bertz CT molecular complexity index is 389. The van der Waals surface area contributed by atoms with Gasteiger partial charge in [0.05, 0.1) is 7.11 Å². The summed E-state index contributed by atoms with van der Waals surface area (Å²) in [5, 5.41) is 0. The van der Waals surface area contributed by atoms with Crippen molar-refractivity contribution >= 4 is 11.7 Å². The highest BCUT2D eigenvalue weighted by Crippen LogP contribution is 2.29. The van der Waals surface area contributed by atoms with Gasteiger partial charge in [0.15, 0.2) is 0 Å². The van der Waals surface area contributed by atoms with Crippen molar-refractivity contribution in [1.29, 1.82) is 0 Å². The molecule has 1 atom stereocenters. The van der Waals surface area contributed by atoms with E-state index in [9.17, 15) is 4.79 Å². The molecule has 0 N–H and O–H groups in total. The second kappa shape index (κ2) is 4.56. The first-order chi connectivity index (χ1) is 7.72. The molecule has 0 bridgehead atoms. The first-order valence-electron chi connectivity index (χ1n) is 5.63. The SMILES string of the molecule is COC(=O)CN1c2ccccc2CCC1C. The maximum Gasteiger partial charge on any atom is 0.325 e. The molecule has 0 amide bonds. The van der Waals surface area contributed by atoms with E-state index < -0.39 is 0 Å². The van der Waals surface area contributed by atoms with Gasteiger partial charge in [-0.05, 0) is 31.4 Å². The number of hydrogen-bond acceptors (Lipinski definition) is 3. The molecule has 1 unspecified atom stereocenters. The standard InChI is InChI=1S/C13H17NO2/c1-10-7-8-11-5-3-4-6-12(11)14(10)9-13(15)16-2/h3-6,10H,7-9H2,1-2H3. The third kappa shape index (κ3) is 2.03. The molecular formula is C13H17NO2. The summed E-state index contributed by atoms with van der Waals surface area (Å²) >= 11 is 0. The third-order valence-electron chi connectivity index (χ3n) is 3.19. The summed E-state index contributed by atoms with van der Waals surface area (Å²) in [7, 11) is 1.43. The minimum atomic E-state index is -0.177. The second-order valence-corrected chi connectivity index (χ2v) is 4.22. The topological polar surface area (TPSA) is 29.5 Å². The van der Waals surface area contributed by atoms with Gasteiger partial charge in [0.2, 0.25) is 0 Å². The minimum Gasteiger partial charge on any atom is -0.468 e. The number of methoxy groups -OCH3 is 1. The van der Waals surface area contributed by atoms with Crippen LogP contribution in [0.3, 0.4) is 0 Å². The van der Waals surface area contributed by atoms with Crippen molar-refractivity contribution in [2.75, 3.05) is 18.6 Å². The van der Waals surface area contributed by atoms with Crippen LogP contribution < -0.4 is 4.90 Å². The van der Waals surface area contributed by atoms with Crippen LogP contribution in [0.2, 0.25) is 0 Å². The Balaban J connectivity index is 2.26. The van der Waals surface area contributed by atoms with Crippen LogP contribution in [0.5, 0.6) is 0 Å². The van der Waals surface area contributed by atoms with Crippen LogP contribution in [0.4, 0.5) is 5.69 Å². The number of carbonyl (C=O) groups excluding carboxylic acids is 1. The van der Waals surface area contributed by atoms with Crippen molar-refractivity contribution in [3.63, 3.8) is 0 Å². The van der Waals surface area contributed by atoms with E-state index in [2.05, 4.69) is 24.0 Å². The molecule has 16 heavy (non-hydrogen) atoms. The number of ether oxygens (including phenoxy) is 1. The number of fused-ring (bicyclic) bond motifs is 1. The molecule has 2 rings (SSSR count). The van der Waals surface area contributed by atoms with Gasteiger partial charge in [-0.15, -0.1) is 0 Å². The average molecular weight is 219 g/mol. The third-order valence-corrected chi connectivity index (χ3v) is 3.19. The van der Waals surface area contributed by atoms with Gasteiger partial charge in [0.1, 0.15) is 6.54 Å². The maximum absolute atomic E-state index is 11.4. The molecule has 1 aliphatic rings. The monoisotopic (exact) mass is 219 g/mol. The Morgan fingerprint density at radius 1 is 1.50 bits per heavy atom. The van der Waals surface area contributed by atoms with Crippen LogP contribution in [-0.4, -0.2) is 25.7 Å². The Kier molecular flexibility index (Phi) is 3.13. The van der Waals surface area contributed by atoms with Gasteiger partial charge in [0.25, 0.3) is 0 Å². The number of para-hydroxylation sites is 1. The first-order valence-corrected chi connectivity index (χ1v) is 5.63. The smallest absolute Gasteiger partial charge is 0.325 e. The van der Waals surface area contributed by atoms with Crippen LogP contribution in [0.25, 0.3) is 0 Å². The predicted molar refractivity (Wildman–Crippen MR) is 63.6 cm³/mol. The lowest BCUT2D eigenvalue weighted by Crippen LogP contribution is -2.41. The van der Waals surface area contributed by atoms with E-state index in [4.69, 9.17) is 4.74 Å². The van der Waals surface area contributed by atoms with Gasteiger partial charge in [0, 0.05) is 11.7 Å². The van der Waals surface area contributed by atoms with Gasteiger partial charge in [-0.1, -0.05) is 18.2 Å². The van der Waals surface area contributed by atoms with Crippen molar-refractivity contribution in [2.45, 2.75) is 25.8 Å². The largest absolute Gasteiger partial charge is 0.468 e. The Morgan fingerprint density at radius 3 is 3.00 bits per heavy atom. The van der Waals surface area contributed by atoms with E-state index in [1.54, 1.807) is 0 Å². The first kappa shape index (κ1) is 11.0. The van der Waals surface area contributed by atoms with Crippen molar-refractivity contribution in [3.8, 4) is 0 Å². The number of esters is 1. The van der Waals surface area contributed by atoms with E-state index in [1.807, 2.05) is 12.1 Å². The molecule has 1 aliphatic heterocycles. The van der Waals surface area contributed by atoms with Crippen LogP contribution in [0, 0.1) is 0 Å². The number of aryl methyl sites for hydroxylation is 1. The summed E-state index contributed by atoms with van der Waals surface area (Å²) in [6.45, 7) is 2.49. The fourth-order valence-electron chi connectivity index (χ4n) is 2.20. The maximum atomic E-state index is 11.4. The lowest BCUT2D eigenvalue weighted by Gasteiger charge is -2.36. The predicted octanol–water partition coefficient (Wildman–Crippen LogP) is 2.00. The summed E-state index contributed by atoms with van der Waals surface area (Å²) in [5.41, 5.74) is 2.50. The normalized spacial score (nSPS) is 19.1. The molecule has 0 fully saturated rings. The van der Waals surface area contributed by atoms with E-state index in [0.717, 1.165) is 12.8 Å². The fraction of sp³-hybridized carbons (Fsp3) is 0.462. The Hall–Kier alpha value is -1.51. The Labute approximate surface area is 96.0 Å². The molecule has 1 aromatic carbocycles. The van der Waals surface area contributed by atoms with Crippen LogP contribution >= 0.6 is 0 Å². The lowest BCUT2D eigenvalue weighted by atomic mass is 9.97. The molecule has 1 heterocycles. The van der Waals surface area contributed by atoms with Crippen LogP contribution in [-0.2, 0) is 16.0 Å². The van der Waals surface area contributed by atoms with Gasteiger partial charge in [-0.25, -0.2) is 0 Å². The molecule has 0 aliphatic carbocycles. The molecule has 86 valence electrons. The average Bonchev–Trinajstić information content (AvgIpc) is 2.32. The summed E-state index contributed by atoms with van der Waals surface area (Å²) in [6, 6.07) is 8.67. The molecule has 0 saturated carbocycles. The van der Waals surface area contributed by atoms with Gasteiger partial charge >= 0.3 is 5.97 Å². The number of anilines is 1. The van der Waals surface area contributed by atoms with E-state index in [-0.39, 0.29) is 5.97 Å². The lowest BCUT2D eigenvalue weighted by molar-refractivity contribution is -0.139. The van der Waals surface area contributed by atoms with Crippen LogP contribution in [0.15, 0.2) is 24.3 Å². The van der Waals surface area contributed by atoms with Gasteiger partial charge in [-0.2, -0.15) is 0 Å². The molecule has 0 radical (unpaired) electrons. The molecule has 0 saturated heterocycles. The highest BCUT2D eigenvalue weighted by molar-refractivity contribution is 5.76. The molecule has 1 aromatic rings. The quantitative estimate of drug-likeness (QED) is 0.712. The zero-order valence-electron chi connectivity index (χ0n) is 9.77. The van der Waals surface area contributed by atoms with E-state index in [1.165, 1.54) is 18.4 Å². The molecule has 0 spiro atoms. The number of carbonyl (C=O) groups is 1. The summed E-state index contributed by atoms with van der Waals surface area (Å²) in [5.74, 6) is -0.177. The number of rotatable bonds is 2. The number of hydrogen-bond donors (Lipinski definition) is 0. The number of nitrogens with zero attached hydrogens (tertiary/aromatic N) is 1. The van der Waals surface area contributed by atoms with Crippen molar-refractivity contribution in [2.24, 2.45) is 0 Å². The minimum absolute atomic E-state index is 0.177. The molecule has 3 nitrogen and oxygen atoms in total. The number of benzene rings is 1. The van der Waals surface area contributed by atoms with Gasteiger partial charge < -0.3 is 9.64 Å². The zero-order valence-corrected chi connectivity index (χ0v) is 9.77. The fourth-order valence-corrected chi connectivity index (χ4v) is 2.20. The Morgan fingerprint density at radius 2 is 2.25 bits per heavy atom. The van der Waals surface area contributed by atoms with E-state index in [0.29, 0.717) is 12.6 Å². The van der Waals surface area contributed by atoms with Crippen molar-refractivity contribution < 1.29 is 9.53 Å². The summed E-state index contributed by atoms with van der Waals surface area (Å²) in [6.07, 6.45) is 2.18. The summed E-state index contributed by atoms with van der Waals surface area (Å²) in [4.78, 5) is 13.5. The highest BCUT2D eigenvalue weighted by atomic mass is 16.5. The molecule has 0 aromatic heterocycles.